The first-order valence-electron chi connectivity index (χ1n) is 7.90. The maximum absolute atomic E-state index is 11.7. The van der Waals surface area contributed by atoms with Crippen LogP contribution in [0.25, 0.3) is 0 Å². The molecule has 0 aromatic carbocycles. The molecule has 1 rings (SSSR count). The number of amides is 1. The fraction of sp³-hybridized carbons (Fsp3) is 0.750. The average Bonchev–Trinajstić information content (AvgIpc) is 2.50. The Morgan fingerprint density at radius 3 is 1.96 bits per heavy atom. The first-order chi connectivity index (χ1) is 11.6. The summed E-state index contributed by atoms with van der Waals surface area (Å²) in [7, 11) is 0. The zero-order chi connectivity index (χ0) is 17.6. The van der Waals surface area contributed by atoms with E-state index >= 15 is 0 Å². The van der Waals surface area contributed by atoms with Crippen LogP contribution in [-0.2, 0) is 28.5 Å². The minimum absolute atomic E-state index is 0.0751. The molecule has 1 fully saturated rings. The molecule has 1 saturated heterocycles. The van der Waals surface area contributed by atoms with Gasteiger partial charge in [0.05, 0.1) is 58.6 Å². The molecule has 1 amide bonds. The Bertz CT molecular complexity index is 415. The molecule has 0 spiro atoms. The lowest BCUT2D eigenvalue weighted by atomic mass is 10.0. The number of rotatable bonds is 14. The van der Waals surface area contributed by atoms with E-state index in [1.165, 1.54) is 4.90 Å². The second-order valence-electron chi connectivity index (χ2n) is 5.18. The van der Waals surface area contributed by atoms with Gasteiger partial charge in [0.1, 0.15) is 6.61 Å². The molecule has 8 heteroatoms. The standard InChI is InChI=1S/C16H25NO7/c1-2-4-21-6-8-23-10-11-24-9-7-22-5-3-15(18)17-12-14(13-17)16(19)20/h1,14H,3-13H2,(H,19,20). The van der Waals surface area contributed by atoms with Crippen LogP contribution < -0.4 is 0 Å². The van der Waals surface area contributed by atoms with Crippen molar-refractivity contribution in [3.63, 3.8) is 0 Å². The molecule has 0 aliphatic carbocycles. The van der Waals surface area contributed by atoms with Crippen molar-refractivity contribution in [2.75, 3.05) is 65.9 Å². The molecule has 136 valence electrons. The van der Waals surface area contributed by atoms with Gasteiger partial charge in [-0.05, 0) is 0 Å². The quantitative estimate of drug-likeness (QED) is 0.339. The van der Waals surface area contributed by atoms with Gasteiger partial charge in [0.25, 0.3) is 0 Å². The highest BCUT2D eigenvalue weighted by molar-refractivity contribution is 5.80. The molecule has 0 aromatic heterocycles. The van der Waals surface area contributed by atoms with Gasteiger partial charge < -0.3 is 29.0 Å². The van der Waals surface area contributed by atoms with Crippen molar-refractivity contribution >= 4 is 11.9 Å². The van der Waals surface area contributed by atoms with Crippen LogP contribution in [0.15, 0.2) is 0 Å². The molecule has 0 aromatic rings. The van der Waals surface area contributed by atoms with E-state index in [1.54, 1.807) is 0 Å². The Hall–Kier alpha value is -1.66. The van der Waals surface area contributed by atoms with Crippen LogP contribution in [0.2, 0.25) is 0 Å². The average molecular weight is 343 g/mol. The number of carboxylic acids is 1. The lowest BCUT2D eigenvalue weighted by Gasteiger charge is -2.36. The Balaban J connectivity index is 1.79. The number of likely N-dealkylation sites (tertiary alicyclic amines) is 1. The monoisotopic (exact) mass is 343 g/mol. The summed E-state index contributed by atoms with van der Waals surface area (Å²) in [4.78, 5) is 23.8. The van der Waals surface area contributed by atoms with E-state index in [9.17, 15) is 9.59 Å². The van der Waals surface area contributed by atoms with E-state index in [2.05, 4.69) is 5.92 Å². The maximum Gasteiger partial charge on any atom is 0.310 e. The second-order valence-corrected chi connectivity index (χ2v) is 5.18. The lowest BCUT2D eigenvalue weighted by molar-refractivity contribution is -0.153. The van der Waals surface area contributed by atoms with E-state index in [-0.39, 0.29) is 18.9 Å². The molecule has 1 aliphatic heterocycles. The van der Waals surface area contributed by atoms with Gasteiger partial charge in [0, 0.05) is 13.1 Å². The fourth-order valence-electron chi connectivity index (χ4n) is 1.95. The minimum atomic E-state index is -0.850. The summed E-state index contributed by atoms with van der Waals surface area (Å²) >= 11 is 0. The number of ether oxygens (including phenoxy) is 4. The first-order valence-corrected chi connectivity index (χ1v) is 7.90. The third-order valence-corrected chi connectivity index (χ3v) is 3.35. The SMILES string of the molecule is C#CCOCCOCCOCCOCCC(=O)N1CC(C(=O)O)C1. The molecule has 24 heavy (non-hydrogen) atoms. The number of terminal acetylenes is 1. The van der Waals surface area contributed by atoms with Crippen LogP contribution in [0.5, 0.6) is 0 Å². The molecule has 0 radical (unpaired) electrons. The molecule has 0 unspecified atom stereocenters. The van der Waals surface area contributed by atoms with Gasteiger partial charge in [-0.25, -0.2) is 0 Å². The predicted molar refractivity (Wildman–Crippen MR) is 84.4 cm³/mol. The summed E-state index contributed by atoms with van der Waals surface area (Å²) in [6.45, 7) is 3.88. The zero-order valence-corrected chi connectivity index (χ0v) is 13.8. The Morgan fingerprint density at radius 1 is 0.958 bits per heavy atom. The van der Waals surface area contributed by atoms with Crippen LogP contribution in [-0.4, -0.2) is 87.8 Å². The molecule has 1 aliphatic rings. The zero-order valence-electron chi connectivity index (χ0n) is 13.8. The van der Waals surface area contributed by atoms with Crippen LogP contribution >= 0.6 is 0 Å². The van der Waals surface area contributed by atoms with Crippen LogP contribution in [0.3, 0.4) is 0 Å². The highest BCUT2D eigenvalue weighted by Crippen LogP contribution is 2.16. The van der Waals surface area contributed by atoms with Crippen molar-refractivity contribution < 1.29 is 33.6 Å². The van der Waals surface area contributed by atoms with E-state index < -0.39 is 11.9 Å². The van der Waals surface area contributed by atoms with Crippen LogP contribution in [0, 0.1) is 18.3 Å². The van der Waals surface area contributed by atoms with Crippen molar-refractivity contribution in [1.82, 2.24) is 4.90 Å². The van der Waals surface area contributed by atoms with Gasteiger partial charge in [-0.2, -0.15) is 0 Å². The van der Waals surface area contributed by atoms with Crippen molar-refractivity contribution in [3.05, 3.63) is 0 Å². The van der Waals surface area contributed by atoms with E-state index in [0.29, 0.717) is 59.3 Å². The van der Waals surface area contributed by atoms with Crippen molar-refractivity contribution in [3.8, 4) is 12.3 Å². The number of hydrogen-bond acceptors (Lipinski definition) is 6. The number of carbonyl (C=O) groups excluding carboxylic acids is 1. The van der Waals surface area contributed by atoms with Crippen LogP contribution in [0.4, 0.5) is 0 Å². The van der Waals surface area contributed by atoms with Gasteiger partial charge >= 0.3 is 5.97 Å². The summed E-state index contributed by atoms with van der Waals surface area (Å²) in [5.74, 6) is 1.02. The van der Waals surface area contributed by atoms with Gasteiger partial charge in [0.15, 0.2) is 0 Å². The molecule has 0 atom stereocenters. The van der Waals surface area contributed by atoms with Gasteiger partial charge in [-0.3, -0.25) is 9.59 Å². The molecule has 8 nitrogen and oxygen atoms in total. The molecule has 1 heterocycles. The van der Waals surface area contributed by atoms with E-state index in [0.717, 1.165) is 0 Å². The molecule has 0 saturated carbocycles. The topological polar surface area (TPSA) is 94.5 Å². The predicted octanol–water partition coefficient (Wildman–Crippen LogP) is -0.381. The van der Waals surface area contributed by atoms with Crippen LogP contribution in [0.1, 0.15) is 6.42 Å². The summed E-state index contributed by atoms with van der Waals surface area (Å²) in [6.07, 6.45) is 5.28. The molecular formula is C16H25NO7. The Kier molecular flexibility index (Phi) is 10.8. The maximum atomic E-state index is 11.7. The van der Waals surface area contributed by atoms with Crippen molar-refractivity contribution in [2.45, 2.75) is 6.42 Å². The molecular weight excluding hydrogens is 318 g/mol. The Labute approximate surface area is 142 Å². The highest BCUT2D eigenvalue weighted by atomic mass is 16.6. The van der Waals surface area contributed by atoms with Crippen molar-refractivity contribution in [1.29, 1.82) is 0 Å². The molecule has 1 N–H and O–H groups in total. The van der Waals surface area contributed by atoms with Gasteiger partial charge in [-0.1, -0.05) is 5.92 Å². The largest absolute Gasteiger partial charge is 0.481 e. The third-order valence-electron chi connectivity index (χ3n) is 3.35. The van der Waals surface area contributed by atoms with Gasteiger partial charge in [0.2, 0.25) is 5.91 Å². The highest BCUT2D eigenvalue weighted by Gasteiger charge is 2.35. The van der Waals surface area contributed by atoms with Crippen molar-refractivity contribution in [2.24, 2.45) is 5.92 Å². The number of nitrogens with zero attached hydrogens (tertiary/aromatic N) is 1. The summed E-state index contributed by atoms with van der Waals surface area (Å²) in [6, 6.07) is 0. The number of aliphatic carboxylic acids is 1. The normalized spacial score (nSPS) is 14.2. The Morgan fingerprint density at radius 2 is 1.46 bits per heavy atom. The van der Waals surface area contributed by atoms with E-state index in [4.69, 9.17) is 30.5 Å². The van der Waals surface area contributed by atoms with Gasteiger partial charge in [-0.15, -0.1) is 6.42 Å². The smallest absolute Gasteiger partial charge is 0.310 e. The second kappa shape index (κ2) is 12.7. The van der Waals surface area contributed by atoms with E-state index in [1.807, 2.05) is 0 Å². The summed E-state index contributed by atoms with van der Waals surface area (Å²) in [5.41, 5.74) is 0. The third kappa shape index (κ3) is 8.84. The number of carboxylic acid groups (broad SMARTS) is 1. The number of carbonyl (C=O) groups is 2. The number of hydrogen-bond donors (Lipinski definition) is 1. The minimum Gasteiger partial charge on any atom is -0.481 e. The summed E-state index contributed by atoms with van der Waals surface area (Å²) < 4.78 is 20.9. The first kappa shape index (κ1) is 20.4. The fourth-order valence-corrected chi connectivity index (χ4v) is 1.95. The summed E-state index contributed by atoms with van der Waals surface area (Å²) in [5, 5.41) is 8.73. The lowest BCUT2D eigenvalue weighted by Crippen LogP contribution is -2.53. The molecule has 0 bridgehead atoms.